The maximum atomic E-state index is 14.0. The van der Waals surface area contributed by atoms with Crippen LogP contribution in [0.1, 0.15) is 58.1 Å². The number of nitrogens with one attached hydrogen (secondary N) is 2. The first-order valence-corrected chi connectivity index (χ1v) is 14.7. The molecule has 1 saturated heterocycles. The number of ether oxygens (including phenoxy) is 1. The van der Waals surface area contributed by atoms with Crippen molar-refractivity contribution in [2.45, 2.75) is 59.3 Å². The lowest BCUT2D eigenvalue weighted by Crippen LogP contribution is -2.37. The molecule has 3 amide bonds. The second-order valence-corrected chi connectivity index (χ2v) is 12.2. The van der Waals surface area contributed by atoms with Crippen molar-refractivity contribution < 1.29 is 14.3 Å². The third-order valence-corrected chi connectivity index (χ3v) is 8.22. The van der Waals surface area contributed by atoms with E-state index in [1.807, 2.05) is 48.2 Å². The lowest BCUT2D eigenvalue weighted by atomic mass is 9.86. The highest BCUT2D eigenvalue weighted by atomic mass is 16.5. The fraction of sp³-hybridized carbons (Fsp3) is 0.382. The summed E-state index contributed by atoms with van der Waals surface area (Å²) in [4.78, 5) is 29.2. The van der Waals surface area contributed by atoms with Gasteiger partial charge in [0.25, 0.3) is 0 Å². The van der Waals surface area contributed by atoms with Crippen LogP contribution in [0.4, 0.5) is 22.0 Å². The first-order valence-electron chi connectivity index (χ1n) is 14.7. The molecule has 1 fully saturated rings. The molecular formula is C34H41N5O3. The summed E-state index contributed by atoms with van der Waals surface area (Å²) in [5, 5.41) is 12.1. The Morgan fingerprint density at radius 1 is 1.05 bits per heavy atom. The summed E-state index contributed by atoms with van der Waals surface area (Å²) in [6.07, 6.45) is 4.62. The number of H-pyrrole nitrogens is 1. The van der Waals surface area contributed by atoms with Crippen LogP contribution in [-0.2, 0) is 10.2 Å². The van der Waals surface area contributed by atoms with Crippen LogP contribution in [0.2, 0.25) is 0 Å². The largest absolute Gasteiger partial charge is 0.493 e. The predicted octanol–water partition coefficient (Wildman–Crippen LogP) is 7.57. The Morgan fingerprint density at radius 3 is 2.45 bits per heavy atom. The molecule has 1 aliphatic rings. The van der Waals surface area contributed by atoms with E-state index in [1.165, 1.54) is 0 Å². The van der Waals surface area contributed by atoms with Gasteiger partial charge in [0.1, 0.15) is 11.6 Å². The van der Waals surface area contributed by atoms with E-state index in [1.54, 1.807) is 24.1 Å². The highest BCUT2D eigenvalue weighted by Gasteiger charge is 2.25. The van der Waals surface area contributed by atoms with Gasteiger partial charge in [-0.15, -0.1) is 0 Å². The molecule has 220 valence electrons. The van der Waals surface area contributed by atoms with Crippen molar-refractivity contribution in [3.8, 4) is 5.75 Å². The number of nitrogens with zero attached hydrogens (tertiary/aromatic N) is 3. The minimum Gasteiger partial charge on any atom is -0.493 e. The van der Waals surface area contributed by atoms with Gasteiger partial charge in [0, 0.05) is 36.9 Å². The van der Waals surface area contributed by atoms with E-state index in [2.05, 4.69) is 54.5 Å². The zero-order chi connectivity index (χ0) is 29.9. The maximum absolute atomic E-state index is 14.0. The number of fused-ring (bicyclic) bond motifs is 1. The summed E-state index contributed by atoms with van der Waals surface area (Å²) in [6.45, 7) is 12.4. The third kappa shape index (κ3) is 6.43. The van der Waals surface area contributed by atoms with E-state index in [-0.39, 0.29) is 17.4 Å². The van der Waals surface area contributed by atoms with Gasteiger partial charge < -0.3 is 15.0 Å². The van der Waals surface area contributed by atoms with E-state index in [4.69, 9.17) is 4.74 Å². The van der Waals surface area contributed by atoms with Crippen molar-refractivity contribution in [2.24, 2.45) is 5.92 Å². The number of benzene rings is 3. The number of aryl methyl sites for hydroxylation is 1. The number of likely N-dealkylation sites (tertiary alicyclic amines) is 1. The molecule has 42 heavy (non-hydrogen) atoms. The van der Waals surface area contributed by atoms with Crippen molar-refractivity contribution >= 4 is 39.9 Å². The first kappa shape index (κ1) is 29.2. The van der Waals surface area contributed by atoms with E-state index < -0.39 is 0 Å². The van der Waals surface area contributed by atoms with E-state index in [0.717, 1.165) is 65.7 Å². The highest BCUT2D eigenvalue weighted by Crippen LogP contribution is 2.35. The van der Waals surface area contributed by atoms with Gasteiger partial charge in [-0.3, -0.25) is 9.89 Å². The number of rotatable bonds is 7. The minimum atomic E-state index is -0.288. The second-order valence-electron chi connectivity index (χ2n) is 12.2. The van der Waals surface area contributed by atoms with Gasteiger partial charge in [0.2, 0.25) is 5.91 Å². The molecule has 0 radical (unpaired) electrons. The van der Waals surface area contributed by atoms with Crippen LogP contribution in [0.15, 0.2) is 66.9 Å². The van der Waals surface area contributed by atoms with Crippen LogP contribution in [0, 0.1) is 12.8 Å². The predicted molar refractivity (Wildman–Crippen MR) is 169 cm³/mol. The molecule has 0 bridgehead atoms. The molecule has 1 aliphatic heterocycles. The summed E-state index contributed by atoms with van der Waals surface area (Å²) in [5.74, 6) is 2.09. The molecular weight excluding hydrogens is 526 g/mol. The number of amides is 3. The zero-order valence-corrected chi connectivity index (χ0v) is 25.2. The molecule has 1 aromatic heterocycles. The number of hydrogen-bond donors (Lipinski definition) is 2. The Balaban J connectivity index is 1.36. The topological polar surface area (TPSA) is 90.6 Å². The van der Waals surface area contributed by atoms with Crippen LogP contribution >= 0.6 is 0 Å². The monoisotopic (exact) mass is 567 g/mol. The summed E-state index contributed by atoms with van der Waals surface area (Å²) in [6, 6.07) is 19.6. The summed E-state index contributed by atoms with van der Waals surface area (Å²) >= 11 is 0. The number of anilines is 3. The average Bonchev–Trinajstić information content (AvgIpc) is 3.49. The molecule has 0 unspecified atom stereocenters. The number of urea groups is 1. The number of hydrogen-bond acceptors (Lipinski definition) is 4. The summed E-state index contributed by atoms with van der Waals surface area (Å²) in [7, 11) is 0. The smallest absolute Gasteiger partial charge is 0.332 e. The van der Waals surface area contributed by atoms with Crippen LogP contribution in [0.5, 0.6) is 5.75 Å². The highest BCUT2D eigenvalue weighted by molar-refractivity contribution is 6.11. The Kier molecular flexibility index (Phi) is 8.52. The fourth-order valence-corrected chi connectivity index (χ4v) is 5.59. The van der Waals surface area contributed by atoms with Crippen LogP contribution in [-0.4, -0.2) is 46.7 Å². The molecule has 4 aromatic rings. The molecule has 2 N–H and O–H groups in total. The molecule has 3 aromatic carbocycles. The Labute approximate surface area is 248 Å². The molecule has 0 spiro atoms. The zero-order valence-electron chi connectivity index (χ0n) is 25.2. The van der Waals surface area contributed by atoms with Crippen molar-refractivity contribution in [1.29, 1.82) is 0 Å². The van der Waals surface area contributed by atoms with Gasteiger partial charge in [-0.1, -0.05) is 57.2 Å². The standard InChI is InChI=1S/C34H41N5O3/c1-23-10-11-26(34(3,4)5)22-30(23)39(32-14-18-35-37-32)33(41)36-29-12-13-31(28-9-7-6-8-27(28)29)42-21-17-25-15-19-38(20-16-25)24(2)40/h6-14,18,22,25H,15-17,19-21H2,1-5H3,(H,35,37)(H,36,41). The van der Waals surface area contributed by atoms with E-state index in [9.17, 15) is 9.59 Å². The lowest BCUT2D eigenvalue weighted by molar-refractivity contribution is -0.130. The first-order chi connectivity index (χ1) is 20.1. The molecule has 8 heteroatoms. The van der Waals surface area contributed by atoms with Crippen molar-refractivity contribution in [3.63, 3.8) is 0 Å². The van der Waals surface area contributed by atoms with Gasteiger partial charge in [-0.2, -0.15) is 5.10 Å². The van der Waals surface area contributed by atoms with E-state index >= 15 is 0 Å². The second kappa shape index (κ2) is 12.3. The molecule has 0 aliphatic carbocycles. The molecule has 8 nitrogen and oxygen atoms in total. The van der Waals surface area contributed by atoms with Gasteiger partial charge in [0.15, 0.2) is 0 Å². The SMILES string of the molecule is CC(=O)N1CCC(CCOc2ccc(NC(=O)N(c3ccn[nH]3)c3cc(C(C)(C)C)ccc3C)c3ccccc23)CC1. The van der Waals surface area contributed by atoms with Crippen molar-refractivity contribution in [3.05, 3.63) is 78.0 Å². The molecule has 0 atom stereocenters. The Bertz CT molecular complexity index is 1550. The number of aromatic amines is 1. The molecule has 0 saturated carbocycles. The lowest BCUT2D eigenvalue weighted by Gasteiger charge is -2.31. The van der Waals surface area contributed by atoms with Gasteiger partial charge in [-0.05, 0) is 66.8 Å². The third-order valence-electron chi connectivity index (χ3n) is 8.22. The normalized spacial score (nSPS) is 14.2. The molecule has 2 heterocycles. The fourth-order valence-electron chi connectivity index (χ4n) is 5.59. The van der Waals surface area contributed by atoms with Crippen LogP contribution in [0.3, 0.4) is 0 Å². The van der Waals surface area contributed by atoms with E-state index in [0.29, 0.717) is 24.0 Å². The Morgan fingerprint density at radius 2 is 1.79 bits per heavy atom. The van der Waals surface area contributed by atoms with Crippen LogP contribution < -0.4 is 15.0 Å². The Hall–Kier alpha value is -4.33. The van der Waals surface area contributed by atoms with Crippen molar-refractivity contribution in [2.75, 3.05) is 29.9 Å². The quantitative estimate of drug-likeness (QED) is 0.241. The van der Waals surface area contributed by atoms with Crippen molar-refractivity contribution in [1.82, 2.24) is 15.1 Å². The number of carbonyl (C=O) groups excluding carboxylic acids is 2. The van der Waals surface area contributed by atoms with Gasteiger partial charge in [-0.25, -0.2) is 9.69 Å². The maximum Gasteiger partial charge on any atom is 0.332 e. The number of aromatic nitrogens is 2. The summed E-state index contributed by atoms with van der Waals surface area (Å²) in [5.41, 5.74) is 3.54. The van der Waals surface area contributed by atoms with Gasteiger partial charge >= 0.3 is 6.03 Å². The van der Waals surface area contributed by atoms with Crippen LogP contribution in [0.25, 0.3) is 10.8 Å². The average molecular weight is 568 g/mol. The number of piperidine rings is 1. The summed E-state index contributed by atoms with van der Waals surface area (Å²) < 4.78 is 6.28. The van der Waals surface area contributed by atoms with Gasteiger partial charge in [0.05, 0.1) is 24.2 Å². The number of carbonyl (C=O) groups is 2. The minimum absolute atomic E-state index is 0.0729. The molecule has 5 rings (SSSR count).